The SMILES string of the molecule is OCc1nnc2c3ccccc3cnn12. The first kappa shape index (κ1) is 8.31. The Balaban J connectivity index is 2.50. The summed E-state index contributed by atoms with van der Waals surface area (Å²) in [5, 5.41) is 23.1. The van der Waals surface area contributed by atoms with Gasteiger partial charge in [0.1, 0.15) is 6.61 Å². The molecule has 0 amide bonds. The van der Waals surface area contributed by atoms with E-state index >= 15 is 0 Å². The minimum absolute atomic E-state index is 0.160. The Kier molecular flexibility index (Phi) is 1.66. The van der Waals surface area contributed by atoms with Gasteiger partial charge in [0.2, 0.25) is 0 Å². The van der Waals surface area contributed by atoms with E-state index in [-0.39, 0.29) is 6.61 Å². The van der Waals surface area contributed by atoms with Crippen molar-refractivity contribution in [2.75, 3.05) is 0 Å². The van der Waals surface area contributed by atoms with Crippen LogP contribution < -0.4 is 0 Å². The molecule has 5 nitrogen and oxygen atoms in total. The zero-order chi connectivity index (χ0) is 10.3. The van der Waals surface area contributed by atoms with Gasteiger partial charge in [0.05, 0.1) is 6.20 Å². The van der Waals surface area contributed by atoms with Gasteiger partial charge in [-0.25, -0.2) is 0 Å². The fourth-order valence-corrected chi connectivity index (χ4v) is 1.63. The number of rotatable bonds is 1. The second kappa shape index (κ2) is 2.99. The molecular weight excluding hydrogens is 192 g/mol. The number of hydrogen-bond acceptors (Lipinski definition) is 4. The molecule has 2 aromatic heterocycles. The highest BCUT2D eigenvalue weighted by molar-refractivity contribution is 5.92. The molecule has 3 aromatic rings. The summed E-state index contributed by atoms with van der Waals surface area (Å²) >= 11 is 0. The summed E-state index contributed by atoms with van der Waals surface area (Å²) in [5.74, 6) is 0.454. The number of nitrogens with zero attached hydrogens (tertiary/aromatic N) is 4. The van der Waals surface area contributed by atoms with Crippen molar-refractivity contribution in [2.24, 2.45) is 0 Å². The van der Waals surface area contributed by atoms with E-state index in [1.54, 1.807) is 10.7 Å². The van der Waals surface area contributed by atoms with Crippen LogP contribution in [0, 0.1) is 0 Å². The molecule has 0 saturated heterocycles. The Morgan fingerprint density at radius 3 is 2.93 bits per heavy atom. The molecule has 0 radical (unpaired) electrons. The van der Waals surface area contributed by atoms with Crippen molar-refractivity contribution in [3.05, 3.63) is 36.3 Å². The first-order valence-electron chi connectivity index (χ1n) is 4.59. The zero-order valence-corrected chi connectivity index (χ0v) is 7.83. The van der Waals surface area contributed by atoms with Crippen LogP contribution in [0.25, 0.3) is 16.4 Å². The van der Waals surface area contributed by atoms with E-state index in [0.717, 1.165) is 10.8 Å². The van der Waals surface area contributed by atoms with E-state index in [4.69, 9.17) is 5.11 Å². The van der Waals surface area contributed by atoms with Gasteiger partial charge in [0.15, 0.2) is 11.5 Å². The van der Waals surface area contributed by atoms with Crippen LogP contribution in [0.15, 0.2) is 30.5 Å². The van der Waals surface area contributed by atoms with Crippen molar-refractivity contribution in [1.29, 1.82) is 0 Å². The van der Waals surface area contributed by atoms with Crippen molar-refractivity contribution in [2.45, 2.75) is 6.61 Å². The molecule has 0 spiro atoms. The number of aliphatic hydroxyl groups excluding tert-OH is 1. The van der Waals surface area contributed by atoms with Gasteiger partial charge in [-0.1, -0.05) is 24.3 Å². The summed E-state index contributed by atoms with van der Waals surface area (Å²) in [4.78, 5) is 0. The minimum Gasteiger partial charge on any atom is -0.388 e. The fourth-order valence-electron chi connectivity index (χ4n) is 1.63. The van der Waals surface area contributed by atoms with E-state index < -0.39 is 0 Å². The average molecular weight is 200 g/mol. The van der Waals surface area contributed by atoms with Gasteiger partial charge in [0.25, 0.3) is 0 Å². The molecule has 0 aliphatic rings. The molecular formula is C10H8N4O. The summed E-state index contributed by atoms with van der Waals surface area (Å²) in [6, 6.07) is 7.82. The Morgan fingerprint density at radius 2 is 2.07 bits per heavy atom. The monoisotopic (exact) mass is 200 g/mol. The fraction of sp³-hybridized carbons (Fsp3) is 0.100. The van der Waals surface area contributed by atoms with Gasteiger partial charge in [-0.3, -0.25) is 0 Å². The van der Waals surface area contributed by atoms with Crippen molar-refractivity contribution in [1.82, 2.24) is 19.8 Å². The van der Waals surface area contributed by atoms with E-state index in [0.29, 0.717) is 11.5 Å². The molecule has 2 heterocycles. The maximum atomic E-state index is 9.03. The normalized spacial score (nSPS) is 11.3. The minimum atomic E-state index is -0.160. The predicted octanol–water partition coefficient (Wildman–Crippen LogP) is 0.770. The van der Waals surface area contributed by atoms with Crippen LogP contribution in [-0.2, 0) is 6.61 Å². The third-order valence-corrected chi connectivity index (χ3v) is 2.36. The number of benzene rings is 1. The van der Waals surface area contributed by atoms with E-state index in [9.17, 15) is 0 Å². The van der Waals surface area contributed by atoms with E-state index in [1.165, 1.54) is 0 Å². The lowest BCUT2D eigenvalue weighted by Gasteiger charge is -1.98. The van der Waals surface area contributed by atoms with Crippen molar-refractivity contribution in [3.63, 3.8) is 0 Å². The molecule has 0 bridgehead atoms. The molecule has 3 rings (SSSR count). The molecule has 0 unspecified atom stereocenters. The molecule has 0 fully saturated rings. The lowest BCUT2D eigenvalue weighted by Crippen LogP contribution is -1.98. The van der Waals surface area contributed by atoms with Crippen molar-refractivity contribution in [3.8, 4) is 0 Å². The van der Waals surface area contributed by atoms with Gasteiger partial charge in [-0.05, 0) is 0 Å². The molecule has 74 valence electrons. The van der Waals surface area contributed by atoms with Crippen molar-refractivity contribution >= 4 is 16.4 Å². The van der Waals surface area contributed by atoms with Crippen molar-refractivity contribution < 1.29 is 5.11 Å². The van der Waals surface area contributed by atoms with Gasteiger partial charge < -0.3 is 5.11 Å². The summed E-state index contributed by atoms with van der Waals surface area (Å²) in [6.45, 7) is -0.160. The smallest absolute Gasteiger partial charge is 0.185 e. The highest BCUT2D eigenvalue weighted by Gasteiger charge is 2.07. The largest absolute Gasteiger partial charge is 0.388 e. The van der Waals surface area contributed by atoms with E-state index in [1.807, 2.05) is 24.3 Å². The topological polar surface area (TPSA) is 63.3 Å². The second-order valence-electron chi connectivity index (χ2n) is 3.24. The number of hydrogen-bond donors (Lipinski definition) is 1. The molecule has 0 saturated carbocycles. The maximum Gasteiger partial charge on any atom is 0.185 e. The average Bonchev–Trinajstić information content (AvgIpc) is 2.72. The van der Waals surface area contributed by atoms with Crippen LogP contribution in [0.2, 0.25) is 0 Å². The molecule has 1 aromatic carbocycles. The highest BCUT2D eigenvalue weighted by atomic mass is 16.3. The van der Waals surface area contributed by atoms with Crippen LogP contribution in [0.1, 0.15) is 5.82 Å². The molecule has 0 aliphatic heterocycles. The van der Waals surface area contributed by atoms with Crippen LogP contribution in [0.5, 0.6) is 0 Å². The summed E-state index contributed by atoms with van der Waals surface area (Å²) < 4.78 is 1.56. The molecule has 15 heavy (non-hydrogen) atoms. The Morgan fingerprint density at radius 1 is 1.20 bits per heavy atom. The molecule has 5 heteroatoms. The van der Waals surface area contributed by atoms with Gasteiger partial charge in [-0.2, -0.15) is 9.61 Å². The van der Waals surface area contributed by atoms with Gasteiger partial charge >= 0.3 is 0 Å². The standard InChI is InChI=1S/C10H8N4O/c15-6-9-12-13-10-8-4-2-1-3-7(8)5-11-14(9)10/h1-5,15H,6H2. The third kappa shape index (κ3) is 1.10. The Hall–Kier alpha value is -2.01. The summed E-state index contributed by atoms with van der Waals surface area (Å²) in [6.07, 6.45) is 1.74. The second-order valence-corrected chi connectivity index (χ2v) is 3.24. The third-order valence-electron chi connectivity index (χ3n) is 2.36. The maximum absolute atomic E-state index is 9.03. The molecule has 0 atom stereocenters. The Labute approximate surface area is 85.0 Å². The number of fused-ring (bicyclic) bond motifs is 3. The summed E-state index contributed by atoms with van der Waals surface area (Å²) in [7, 11) is 0. The number of aliphatic hydroxyl groups is 1. The predicted molar refractivity (Wildman–Crippen MR) is 54.2 cm³/mol. The highest BCUT2D eigenvalue weighted by Crippen LogP contribution is 2.16. The van der Waals surface area contributed by atoms with Crippen LogP contribution >= 0.6 is 0 Å². The summed E-state index contributed by atoms with van der Waals surface area (Å²) in [5.41, 5.74) is 0.678. The first-order valence-corrected chi connectivity index (χ1v) is 4.59. The number of aromatic nitrogens is 4. The quantitative estimate of drug-likeness (QED) is 0.630. The lowest BCUT2D eigenvalue weighted by molar-refractivity contribution is 0.268. The lowest BCUT2D eigenvalue weighted by atomic mass is 10.2. The van der Waals surface area contributed by atoms with Gasteiger partial charge in [-0.15, -0.1) is 10.2 Å². The Bertz CT molecular complexity index is 631. The van der Waals surface area contributed by atoms with Gasteiger partial charge in [0, 0.05) is 10.8 Å². The van der Waals surface area contributed by atoms with Crippen LogP contribution in [0.3, 0.4) is 0 Å². The first-order chi connectivity index (χ1) is 7.40. The zero-order valence-electron chi connectivity index (χ0n) is 7.83. The van der Waals surface area contributed by atoms with E-state index in [2.05, 4.69) is 15.3 Å². The van der Waals surface area contributed by atoms with Crippen LogP contribution in [-0.4, -0.2) is 24.9 Å². The van der Waals surface area contributed by atoms with Crippen LogP contribution in [0.4, 0.5) is 0 Å². The molecule has 0 aliphatic carbocycles. The molecule has 1 N–H and O–H groups in total.